The van der Waals surface area contributed by atoms with E-state index in [1.165, 1.54) is 18.2 Å². The average Bonchev–Trinajstić information content (AvgIpc) is 2.87. The SMILES string of the molecule is CC(F)(F)OC(F)(F)COCC(O)COc1cccc(OCC(O)COCC(F)(F)OC(F)(F)C(F)(F)OC(F)(F)OC(F)(F)CO)c1. The summed E-state index contributed by atoms with van der Waals surface area (Å²) >= 11 is 0. The highest BCUT2D eigenvalue weighted by Gasteiger charge is 2.68. The molecule has 0 radical (unpaired) electrons. The molecule has 11 nitrogen and oxygen atoms in total. The van der Waals surface area contributed by atoms with E-state index in [0.29, 0.717) is 0 Å². The highest BCUT2D eigenvalue weighted by Crippen LogP contribution is 2.44. The van der Waals surface area contributed by atoms with Gasteiger partial charge in [-0.15, -0.1) is 8.78 Å². The fourth-order valence-corrected chi connectivity index (χ4v) is 2.77. The summed E-state index contributed by atoms with van der Waals surface area (Å²) in [6.07, 6.45) is -42.2. The Morgan fingerprint density at radius 3 is 1.42 bits per heavy atom. The number of benzene rings is 1. The molecule has 2 atom stereocenters. The Morgan fingerprint density at radius 1 is 0.583 bits per heavy atom. The summed E-state index contributed by atoms with van der Waals surface area (Å²) in [4.78, 5) is 0. The number of rotatable bonds is 24. The average molecular weight is 744 g/mol. The second-order valence-corrected chi connectivity index (χ2v) is 9.22. The van der Waals surface area contributed by atoms with Crippen LogP contribution >= 0.6 is 0 Å². The van der Waals surface area contributed by atoms with E-state index in [1.807, 2.05) is 0 Å². The van der Waals surface area contributed by atoms with Crippen molar-refractivity contribution in [2.24, 2.45) is 0 Å². The van der Waals surface area contributed by atoms with E-state index in [-0.39, 0.29) is 18.4 Å². The van der Waals surface area contributed by atoms with Gasteiger partial charge in [-0.3, -0.25) is 4.74 Å². The van der Waals surface area contributed by atoms with Gasteiger partial charge in [-0.1, -0.05) is 6.07 Å². The molecule has 0 bridgehead atoms. The summed E-state index contributed by atoms with van der Waals surface area (Å²) in [6.45, 7) is -9.72. The summed E-state index contributed by atoms with van der Waals surface area (Å²) in [7, 11) is 0. The van der Waals surface area contributed by atoms with Crippen LogP contribution in [-0.4, -0.2) is 117 Å². The van der Waals surface area contributed by atoms with E-state index >= 15 is 0 Å². The fourth-order valence-electron chi connectivity index (χ4n) is 2.77. The van der Waals surface area contributed by atoms with Gasteiger partial charge < -0.3 is 34.3 Å². The highest BCUT2D eigenvalue weighted by atomic mass is 19.3. The molecule has 0 fully saturated rings. The lowest BCUT2D eigenvalue weighted by atomic mass is 10.3. The van der Waals surface area contributed by atoms with Crippen LogP contribution in [0.25, 0.3) is 0 Å². The van der Waals surface area contributed by atoms with E-state index in [0.717, 1.165) is 6.07 Å². The molecule has 0 aliphatic carbocycles. The Labute approximate surface area is 259 Å². The topological polar surface area (TPSA) is 135 Å². The molecule has 3 N–H and O–H groups in total. The van der Waals surface area contributed by atoms with E-state index < -0.39 is 101 Å². The van der Waals surface area contributed by atoms with E-state index in [1.54, 1.807) is 0 Å². The molecular formula is C23H26F14O11. The Kier molecular flexibility index (Phi) is 15.3. The second kappa shape index (κ2) is 16.9. The summed E-state index contributed by atoms with van der Waals surface area (Å²) in [5, 5.41) is 27.6. The Balaban J connectivity index is 2.52. The number of alkyl halides is 14. The van der Waals surface area contributed by atoms with Gasteiger partial charge in [-0.25, -0.2) is 14.2 Å². The lowest BCUT2D eigenvalue weighted by molar-refractivity contribution is -0.566. The van der Waals surface area contributed by atoms with Crippen molar-refractivity contribution in [3.05, 3.63) is 24.3 Å². The van der Waals surface area contributed by atoms with E-state index in [2.05, 4.69) is 28.4 Å². The second-order valence-electron chi connectivity index (χ2n) is 9.22. The first-order valence-electron chi connectivity index (χ1n) is 12.5. The first-order chi connectivity index (χ1) is 21.6. The summed E-state index contributed by atoms with van der Waals surface area (Å²) in [5.41, 5.74) is 0. The van der Waals surface area contributed by atoms with Gasteiger partial charge in [0.1, 0.15) is 56.7 Å². The number of halogens is 14. The van der Waals surface area contributed by atoms with Crippen molar-refractivity contribution in [3.8, 4) is 11.5 Å². The molecular weight excluding hydrogens is 718 g/mol. The van der Waals surface area contributed by atoms with Crippen LogP contribution in [0.4, 0.5) is 61.5 Å². The first kappa shape index (κ1) is 43.5. The van der Waals surface area contributed by atoms with Crippen molar-refractivity contribution in [2.45, 2.75) is 62.1 Å². The molecule has 1 aromatic rings. The van der Waals surface area contributed by atoms with Gasteiger partial charge >= 0.3 is 42.9 Å². The lowest BCUT2D eigenvalue weighted by Crippen LogP contribution is -2.54. The summed E-state index contributed by atoms with van der Waals surface area (Å²) in [6, 6.07) is 4.95. The molecule has 0 aliphatic heterocycles. The first-order valence-corrected chi connectivity index (χ1v) is 12.5. The Bertz CT molecular complexity index is 1110. The molecule has 1 rings (SSSR count). The predicted octanol–water partition coefficient (Wildman–Crippen LogP) is 4.38. The minimum atomic E-state index is -6.73. The molecule has 0 saturated carbocycles. The smallest absolute Gasteiger partial charge is 0.491 e. The van der Waals surface area contributed by atoms with Crippen LogP contribution in [0.15, 0.2) is 24.3 Å². The molecule has 0 saturated heterocycles. The zero-order valence-corrected chi connectivity index (χ0v) is 23.8. The minimum absolute atomic E-state index is 0.0403. The van der Waals surface area contributed by atoms with Crippen LogP contribution in [0, 0.1) is 0 Å². The standard InChI is InChI=1S/C23H26F14O11/c1-17(24,25)45-19(28,29)11-41-6-13(39)8-43-15-3-2-4-16(5-15)44-9-14(40)7-42-12-20(30,31)46-21(32,33)22(34,35)48-23(36,37)47-18(26,27)10-38/h2-5,13-14,38-40H,6-12H2,1H3. The van der Waals surface area contributed by atoms with Gasteiger partial charge in [0.15, 0.2) is 0 Å². The van der Waals surface area contributed by atoms with Gasteiger partial charge in [-0.2, -0.15) is 52.7 Å². The van der Waals surface area contributed by atoms with Crippen LogP contribution in [0.5, 0.6) is 11.5 Å². The third kappa shape index (κ3) is 17.2. The maximum absolute atomic E-state index is 13.7. The number of ether oxygens (including phenoxy) is 8. The minimum Gasteiger partial charge on any atom is -0.491 e. The molecule has 0 aromatic heterocycles. The molecule has 0 spiro atoms. The molecule has 0 amide bonds. The Morgan fingerprint density at radius 2 is 1.00 bits per heavy atom. The number of hydrogen-bond acceptors (Lipinski definition) is 11. The monoisotopic (exact) mass is 744 g/mol. The third-order valence-electron chi connectivity index (χ3n) is 4.50. The molecule has 25 heteroatoms. The molecule has 48 heavy (non-hydrogen) atoms. The molecule has 282 valence electrons. The zero-order valence-electron chi connectivity index (χ0n) is 23.8. The highest BCUT2D eigenvalue weighted by molar-refractivity contribution is 5.33. The van der Waals surface area contributed by atoms with E-state index in [9.17, 15) is 71.7 Å². The van der Waals surface area contributed by atoms with Crippen LogP contribution in [-0.2, 0) is 28.4 Å². The van der Waals surface area contributed by atoms with Crippen molar-refractivity contribution >= 4 is 0 Å². The van der Waals surface area contributed by atoms with Gasteiger partial charge in [0, 0.05) is 13.0 Å². The fraction of sp³-hybridized carbons (Fsp3) is 0.739. The zero-order chi connectivity index (χ0) is 37.2. The van der Waals surface area contributed by atoms with E-state index in [4.69, 9.17) is 14.6 Å². The predicted molar refractivity (Wildman–Crippen MR) is 123 cm³/mol. The van der Waals surface area contributed by atoms with Crippen LogP contribution in [0.2, 0.25) is 0 Å². The van der Waals surface area contributed by atoms with Crippen LogP contribution in [0.3, 0.4) is 0 Å². The van der Waals surface area contributed by atoms with Crippen molar-refractivity contribution in [2.75, 3.05) is 46.2 Å². The number of hydrogen-bond donors (Lipinski definition) is 3. The van der Waals surface area contributed by atoms with Crippen LogP contribution in [0.1, 0.15) is 6.92 Å². The maximum Gasteiger partial charge on any atom is 0.495 e. The normalized spacial score (nSPS) is 15.4. The van der Waals surface area contributed by atoms with Gasteiger partial charge in [0.05, 0.1) is 13.2 Å². The number of aliphatic hydroxyl groups excluding tert-OH is 3. The molecule has 2 unspecified atom stereocenters. The van der Waals surface area contributed by atoms with Crippen molar-refractivity contribution in [1.29, 1.82) is 0 Å². The van der Waals surface area contributed by atoms with Crippen molar-refractivity contribution in [1.82, 2.24) is 0 Å². The van der Waals surface area contributed by atoms with Gasteiger partial charge in [0.2, 0.25) is 0 Å². The molecule has 0 aliphatic rings. The van der Waals surface area contributed by atoms with Crippen molar-refractivity contribution in [3.63, 3.8) is 0 Å². The quantitative estimate of drug-likeness (QED) is 0.103. The maximum atomic E-state index is 13.7. The van der Waals surface area contributed by atoms with Gasteiger partial charge in [0.25, 0.3) is 0 Å². The van der Waals surface area contributed by atoms with Crippen LogP contribution < -0.4 is 9.47 Å². The third-order valence-corrected chi connectivity index (χ3v) is 4.50. The molecule has 0 heterocycles. The summed E-state index contributed by atoms with van der Waals surface area (Å²) < 4.78 is 213. The largest absolute Gasteiger partial charge is 0.495 e. The summed E-state index contributed by atoms with van der Waals surface area (Å²) in [5.74, 6) is -0.135. The lowest BCUT2D eigenvalue weighted by Gasteiger charge is -2.31. The van der Waals surface area contributed by atoms with Gasteiger partial charge in [-0.05, 0) is 12.1 Å². The Hall–Kier alpha value is -2.52. The number of aliphatic hydroxyl groups is 3. The molecule has 1 aromatic carbocycles. The van der Waals surface area contributed by atoms with Crippen molar-refractivity contribution < 1.29 is 115 Å².